The lowest BCUT2D eigenvalue weighted by molar-refractivity contribution is -0.274. The van der Waals surface area contributed by atoms with Crippen LogP contribution in [0.4, 0.5) is 22.0 Å². The number of aromatic nitrogens is 1. The summed E-state index contributed by atoms with van der Waals surface area (Å²) in [7, 11) is 0.902. The Hall–Kier alpha value is -1.64. The summed E-state index contributed by atoms with van der Waals surface area (Å²) < 4.78 is 69.6. The average molecular weight is 320 g/mol. The Morgan fingerprint density at radius 2 is 2.05 bits per heavy atom. The van der Waals surface area contributed by atoms with Crippen LogP contribution in [0.15, 0.2) is 6.07 Å². The summed E-state index contributed by atoms with van der Waals surface area (Å²) in [6, 6.07) is 0.320. The maximum atomic E-state index is 12.6. The van der Waals surface area contributed by atoms with Crippen molar-refractivity contribution in [3.63, 3.8) is 0 Å². The predicted molar refractivity (Wildman–Crippen MR) is 56.8 cm³/mol. The molecule has 10 heteroatoms. The van der Waals surface area contributed by atoms with Crippen molar-refractivity contribution >= 4 is 17.6 Å². The minimum absolute atomic E-state index is 0.320. The molecular formula is C10H7ClF5NO3. The first-order chi connectivity index (χ1) is 9.19. The summed E-state index contributed by atoms with van der Waals surface area (Å²) in [6.07, 6.45) is -8.33. The zero-order valence-corrected chi connectivity index (χ0v) is 10.6. The van der Waals surface area contributed by atoms with E-state index in [1.807, 2.05) is 0 Å². The molecule has 1 heterocycles. The van der Waals surface area contributed by atoms with Crippen molar-refractivity contribution in [1.82, 2.24) is 4.98 Å². The molecule has 112 valence electrons. The van der Waals surface area contributed by atoms with Crippen molar-refractivity contribution in [2.75, 3.05) is 7.11 Å². The topological polar surface area (TPSA) is 48.4 Å². The Kier molecular flexibility index (Phi) is 5.09. The number of rotatable bonds is 4. The summed E-state index contributed by atoms with van der Waals surface area (Å²) in [5.74, 6) is -2.93. The molecule has 0 amide bonds. The number of hydrogen-bond acceptors (Lipinski definition) is 4. The number of methoxy groups -OCH3 is 1. The zero-order valence-electron chi connectivity index (χ0n) is 9.80. The molecule has 0 unspecified atom stereocenters. The maximum absolute atomic E-state index is 12.6. The molecule has 0 aliphatic rings. The first kappa shape index (κ1) is 16.4. The van der Waals surface area contributed by atoms with E-state index in [0.717, 1.165) is 7.11 Å². The van der Waals surface area contributed by atoms with Gasteiger partial charge in [0.05, 0.1) is 18.7 Å². The van der Waals surface area contributed by atoms with E-state index in [-0.39, 0.29) is 0 Å². The molecule has 0 aromatic carbocycles. The highest BCUT2D eigenvalue weighted by Gasteiger charge is 2.35. The van der Waals surface area contributed by atoms with Gasteiger partial charge in [-0.3, -0.25) is 0 Å². The van der Waals surface area contributed by atoms with Gasteiger partial charge in [-0.25, -0.2) is 18.6 Å². The second kappa shape index (κ2) is 6.21. The Morgan fingerprint density at radius 3 is 2.45 bits per heavy atom. The number of carbonyl (C=O) groups excluding carboxylic acids is 1. The largest absolute Gasteiger partial charge is 0.573 e. The van der Waals surface area contributed by atoms with Gasteiger partial charge < -0.3 is 9.47 Å². The molecule has 0 aliphatic heterocycles. The molecule has 0 aliphatic carbocycles. The van der Waals surface area contributed by atoms with Crippen LogP contribution in [0.3, 0.4) is 0 Å². The van der Waals surface area contributed by atoms with Crippen molar-refractivity contribution in [2.45, 2.75) is 18.7 Å². The summed E-state index contributed by atoms with van der Waals surface area (Å²) in [6.45, 7) is 0. The Balaban J connectivity index is 3.48. The molecule has 0 radical (unpaired) electrons. The van der Waals surface area contributed by atoms with Crippen molar-refractivity contribution in [3.05, 3.63) is 23.0 Å². The fourth-order valence-corrected chi connectivity index (χ4v) is 1.52. The number of hydrogen-bond donors (Lipinski definition) is 0. The molecule has 0 spiro atoms. The van der Waals surface area contributed by atoms with Gasteiger partial charge in [0.15, 0.2) is 0 Å². The highest BCUT2D eigenvalue weighted by Crippen LogP contribution is 2.32. The maximum Gasteiger partial charge on any atom is 0.573 e. The summed E-state index contributed by atoms with van der Waals surface area (Å²) in [4.78, 5) is 14.7. The standard InChI is InChI=1S/C10H7ClF5NO3/c1-19-9(18)7-5(3-11)17-4(8(12)13)2-6(7)20-10(14,15)16/h2,8H,3H2,1H3. The smallest absolute Gasteiger partial charge is 0.465 e. The van der Waals surface area contributed by atoms with E-state index in [0.29, 0.717) is 6.07 Å². The SMILES string of the molecule is COC(=O)c1c(OC(F)(F)F)cc(C(F)F)nc1CCl. The van der Waals surface area contributed by atoms with Gasteiger partial charge in [-0.1, -0.05) is 0 Å². The van der Waals surface area contributed by atoms with Crippen molar-refractivity contribution in [1.29, 1.82) is 0 Å². The Bertz CT molecular complexity index is 506. The van der Waals surface area contributed by atoms with Crippen molar-refractivity contribution < 1.29 is 36.2 Å². The third-order valence-electron chi connectivity index (χ3n) is 2.04. The molecule has 0 saturated heterocycles. The minimum Gasteiger partial charge on any atom is -0.465 e. The van der Waals surface area contributed by atoms with Gasteiger partial charge in [0.2, 0.25) is 0 Å². The van der Waals surface area contributed by atoms with Crippen LogP contribution in [0.2, 0.25) is 0 Å². The third kappa shape index (κ3) is 3.92. The van der Waals surface area contributed by atoms with Crippen LogP contribution in [0.25, 0.3) is 0 Å². The van der Waals surface area contributed by atoms with E-state index in [1.165, 1.54) is 0 Å². The normalized spacial score (nSPS) is 11.6. The lowest BCUT2D eigenvalue weighted by Crippen LogP contribution is -2.21. The van der Waals surface area contributed by atoms with Gasteiger partial charge in [-0.15, -0.1) is 24.8 Å². The number of ether oxygens (including phenoxy) is 2. The molecule has 1 rings (SSSR count). The van der Waals surface area contributed by atoms with Crippen LogP contribution in [0, 0.1) is 0 Å². The highest BCUT2D eigenvalue weighted by atomic mass is 35.5. The van der Waals surface area contributed by atoms with Crippen molar-refractivity contribution in [2.24, 2.45) is 0 Å². The van der Waals surface area contributed by atoms with Gasteiger partial charge in [-0.05, 0) is 0 Å². The van der Waals surface area contributed by atoms with Gasteiger partial charge >= 0.3 is 12.3 Å². The number of carbonyl (C=O) groups is 1. The van der Waals surface area contributed by atoms with Crippen LogP contribution >= 0.6 is 11.6 Å². The van der Waals surface area contributed by atoms with E-state index in [4.69, 9.17) is 11.6 Å². The zero-order chi connectivity index (χ0) is 15.5. The van der Waals surface area contributed by atoms with E-state index in [2.05, 4.69) is 14.5 Å². The lowest BCUT2D eigenvalue weighted by atomic mass is 10.1. The molecule has 4 nitrogen and oxygen atoms in total. The molecule has 0 fully saturated rings. The second-order valence-corrected chi connectivity index (χ2v) is 3.61. The quantitative estimate of drug-likeness (QED) is 0.484. The third-order valence-corrected chi connectivity index (χ3v) is 2.30. The summed E-state index contributed by atoms with van der Waals surface area (Å²) >= 11 is 5.40. The van der Waals surface area contributed by atoms with E-state index in [9.17, 15) is 26.7 Å². The highest BCUT2D eigenvalue weighted by molar-refractivity contribution is 6.17. The molecule has 0 bridgehead atoms. The van der Waals surface area contributed by atoms with Crippen LogP contribution in [-0.4, -0.2) is 24.4 Å². The number of halogens is 6. The van der Waals surface area contributed by atoms with Gasteiger partial charge in [0.25, 0.3) is 6.43 Å². The number of alkyl halides is 6. The van der Waals surface area contributed by atoms with Crippen LogP contribution in [0.1, 0.15) is 28.2 Å². The minimum atomic E-state index is -5.17. The Morgan fingerprint density at radius 1 is 1.45 bits per heavy atom. The Labute approximate surface area is 114 Å². The van der Waals surface area contributed by atoms with Crippen LogP contribution in [-0.2, 0) is 10.6 Å². The number of nitrogens with zero attached hydrogens (tertiary/aromatic N) is 1. The first-order valence-corrected chi connectivity index (χ1v) is 5.45. The molecule has 20 heavy (non-hydrogen) atoms. The predicted octanol–water partition coefficient (Wildman–Crippen LogP) is 3.44. The summed E-state index contributed by atoms with van der Waals surface area (Å²) in [5.41, 5.74) is -2.23. The molecule has 0 saturated carbocycles. The van der Waals surface area contributed by atoms with Gasteiger partial charge in [-0.2, -0.15) is 0 Å². The first-order valence-electron chi connectivity index (χ1n) is 4.91. The fraction of sp³-hybridized carbons (Fsp3) is 0.400. The summed E-state index contributed by atoms with van der Waals surface area (Å²) in [5, 5.41) is 0. The number of esters is 1. The van der Waals surface area contributed by atoms with Gasteiger partial charge in [0, 0.05) is 6.07 Å². The van der Waals surface area contributed by atoms with E-state index < -0.39 is 47.3 Å². The van der Waals surface area contributed by atoms with Crippen LogP contribution < -0.4 is 4.74 Å². The van der Waals surface area contributed by atoms with E-state index in [1.54, 1.807) is 0 Å². The van der Waals surface area contributed by atoms with Crippen LogP contribution in [0.5, 0.6) is 5.75 Å². The number of pyridine rings is 1. The monoisotopic (exact) mass is 319 g/mol. The molecule has 0 N–H and O–H groups in total. The van der Waals surface area contributed by atoms with Crippen molar-refractivity contribution in [3.8, 4) is 5.75 Å². The molecule has 0 atom stereocenters. The van der Waals surface area contributed by atoms with E-state index >= 15 is 0 Å². The molecule has 1 aromatic heterocycles. The molecule has 1 aromatic rings. The van der Waals surface area contributed by atoms with Gasteiger partial charge in [0.1, 0.15) is 17.0 Å². The average Bonchev–Trinajstić information content (AvgIpc) is 2.34. The fourth-order valence-electron chi connectivity index (χ4n) is 1.33. The second-order valence-electron chi connectivity index (χ2n) is 3.34. The molecular weight excluding hydrogens is 313 g/mol. The lowest BCUT2D eigenvalue weighted by Gasteiger charge is -2.15.